The van der Waals surface area contributed by atoms with E-state index in [-0.39, 0.29) is 25.0 Å². The molecule has 2 fully saturated rings. The van der Waals surface area contributed by atoms with E-state index in [0.717, 1.165) is 16.8 Å². The van der Waals surface area contributed by atoms with E-state index in [0.29, 0.717) is 5.56 Å². The van der Waals surface area contributed by atoms with Crippen LogP contribution in [0.2, 0.25) is 0 Å². The van der Waals surface area contributed by atoms with Gasteiger partial charge in [0.25, 0.3) is 0 Å². The topological polar surface area (TPSA) is 218 Å². The molecule has 0 unspecified atom stereocenters. The number of hydrogen-bond acceptors (Lipinski definition) is 13. The summed E-state index contributed by atoms with van der Waals surface area (Å²) in [6.45, 7) is -0.885. The van der Waals surface area contributed by atoms with E-state index >= 15 is 0 Å². The van der Waals surface area contributed by atoms with Crippen molar-refractivity contribution in [1.82, 2.24) is 5.01 Å². The molecule has 0 spiro atoms. The number of esters is 1. The van der Waals surface area contributed by atoms with Crippen molar-refractivity contribution >= 4 is 29.4 Å². The van der Waals surface area contributed by atoms with Crippen LogP contribution in [0.1, 0.15) is 31.2 Å². The van der Waals surface area contributed by atoms with E-state index in [1.54, 1.807) is 6.07 Å². The molecule has 218 valence electrons. The summed E-state index contributed by atoms with van der Waals surface area (Å²) in [7, 11) is 0. The Hall–Kier alpha value is -2.50. The fourth-order valence-corrected chi connectivity index (χ4v) is 5.51. The summed E-state index contributed by atoms with van der Waals surface area (Å²) >= 11 is 1.03. The molecule has 0 aliphatic carbocycles. The van der Waals surface area contributed by atoms with E-state index in [1.165, 1.54) is 24.4 Å². The number of aliphatic carboxylic acids is 1. The third-order valence-electron chi connectivity index (χ3n) is 6.32. The third-order valence-corrected chi connectivity index (χ3v) is 7.62. The molecule has 39 heavy (non-hydrogen) atoms. The number of nitrogens with two attached hydrogens (primary N) is 2. The highest BCUT2D eigenvalue weighted by Crippen LogP contribution is 2.37. The van der Waals surface area contributed by atoms with Crippen LogP contribution in [0.4, 0.5) is 4.39 Å². The molecule has 2 aliphatic heterocycles. The van der Waals surface area contributed by atoms with Gasteiger partial charge in [-0.2, -0.15) is 0 Å². The minimum Gasteiger partial charge on any atom is -0.481 e. The lowest BCUT2D eigenvalue weighted by molar-refractivity contribution is -0.168. The Morgan fingerprint density at radius 2 is 1.90 bits per heavy atom. The maximum Gasteiger partial charge on any atom is 0.306 e. The van der Waals surface area contributed by atoms with Crippen molar-refractivity contribution in [3.05, 3.63) is 41.8 Å². The quantitative estimate of drug-likeness (QED) is 0.0964. The van der Waals surface area contributed by atoms with Crippen LogP contribution in [-0.4, -0.2) is 103 Å². The van der Waals surface area contributed by atoms with E-state index in [1.807, 2.05) is 0 Å². The molecule has 3 rings (SSSR count). The predicted molar refractivity (Wildman–Crippen MR) is 135 cm³/mol. The molecule has 0 amide bonds. The number of aliphatic hydroxyl groups excluding tert-OH is 4. The van der Waals surface area contributed by atoms with Crippen LogP contribution < -0.4 is 11.6 Å². The summed E-state index contributed by atoms with van der Waals surface area (Å²) in [5, 5.41) is 50.8. The Morgan fingerprint density at radius 3 is 2.56 bits per heavy atom. The highest BCUT2D eigenvalue weighted by molar-refractivity contribution is 8.00. The van der Waals surface area contributed by atoms with Crippen LogP contribution in [0.3, 0.4) is 0 Å². The maximum absolute atomic E-state index is 13.6. The van der Waals surface area contributed by atoms with Crippen LogP contribution in [0.5, 0.6) is 0 Å². The van der Waals surface area contributed by atoms with Crippen molar-refractivity contribution in [3.63, 3.8) is 0 Å². The number of carboxylic acids is 1. The zero-order chi connectivity index (χ0) is 28.7. The van der Waals surface area contributed by atoms with Crippen LogP contribution in [0.25, 0.3) is 5.70 Å². The normalized spacial score (nSPS) is 31.5. The zero-order valence-electron chi connectivity index (χ0n) is 20.9. The summed E-state index contributed by atoms with van der Waals surface area (Å²) in [6, 6.07) is 4.67. The molecule has 1 aromatic rings. The number of thioether (sulfide) groups is 1. The summed E-state index contributed by atoms with van der Waals surface area (Å²) in [5.41, 5.74) is 4.89. The molecule has 8 atom stereocenters. The second kappa shape index (κ2) is 14.2. The van der Waals surface area contributed by atoms with Crippen molar-refractivity contribution < 1.29 is 53.7 Å². The van der Waals surface area contributed by atoms with Crippen molar-refractivity contribution in [1.29, 1.82) is 0 Å². The molecule has 2 heterocycles. The number of ether oxygens (including phenoxy) is 3. The number of hydrogen-bond donors (Lipinski definition) is 7. The molecular weight excluding hydrogens is 541 g/mol. The fraction of sp³-hybridized carbons (Fsp3) is 0.583. The van der Waals surface area contributed by atoms with Crippen LogP contribution >= 0.6 is 11.8 Å². The van der Waals surface area contributed by atoms with Crippen LogP contribution in [-0.2, 0) is 23.8 Å². The van der Waals surface area contributed by atoms with Gasteiger partial charge in [-0.1, -0.05) is 23.9 Å². The van der Waals surface area contributed by atoms with Crippen LogP contribution in [0.15, 0.2) is 30.5 Å². The first-order chi connectivity index (χ1) is 18.5. The summed E-state index contributed by atoms with van der Waals surface area (Å²) < 4.78 is 30.3. The van der Waals surface area contributed by atoms with Gasteiger partial charge in [-0.25, -0.2) is 10.2 Å². The molecule has 13 nitrogen and oxygen atoms in total. The predicted octanol–water partition coefficient (Wildman–Crippen LogP) is -0.927. The molecule has 9 N–H and O–H groups in total. The highest BCUT2D eigenvalue weighted by atomic mass is 32.2. The Bertz CT molecular complexity index is 1020. The largest absolute Gasteiger partial charge is 0.481 e. The number of rotatable bonds is 11. The second-order valence-electron chi connectivity index (χ2n) is 9.25. The number of benzene rings is 1. The Kier molecular flexibility index (Phi) is 11.3. The van der Waals surface area contributed by atoms with Gasteiger partial charge in [-0.3, -0.25) is 9.59 Å². The maximum atomic E-state index is 13.6. The smallest absolute Gasteiger partial charge is 0.306 e. The van der Waals surface area contributed by atoms with Gasteiger partial charge in [0.2, 0.25) is 0 Å². The third kappa shape index (κ3) is 8.74. The van der Waals surface area contributed by atoms with Crippen molar-refractivity contribution in [3.8, 4) is 0 Å². The van der Waals surface area contributed by atoms with E-state index in [2.05, 4.69) is 0 Å². The minimum atomic E-state index is -1.31. The number of aliphatic hydroxyl groups is 4. The number of carboxylic acid groups (broad SMARTS) is 1. The van der Waals surface area contributed by atoms with Gasteiger partial charge in [-0.05, 0) is 12.1 Å². The fourth-order valence-electron chi connectivity index (χ4n) is 4.20. The number of carbonyl (C=O) groups is 2. The lowest BCUT2D eigenvalue weighted by Crippen LogP contribution is -2.58. The average Bonchev–Trinajstić information content (AvgIpc) is 2.88. The van der Waals surface area contributed by atoms with E-state index in [4.69, 9.17) is 30.9 Å². The molecule has 2 aliphatic rings. The monoisotopic (exact) mass is 575 g/mol. The lowest BCUT2D eigenvalue weighted by atomic mass is 9.99. The molecule has 2 saturated heterocycles. The standard InChI is InChI=1S/C24H34FN3O10S/c25-13-3-1-2-12(6-13)14(26)9-28(27)15-7-22(39-24-17(31)8-16(30)18(10-29)38-24)37-19(23(15)35)11-36-21(34)5-4-20(32)33/h1-3,6,9,15-19,22-24,29-31,35H,4-5,7-8,10-11,26-27H2,(H,32,33)/b14-9-/t15-,16-,17-,18-,19-,22+,23-,24+/m1/s1. The van der Waals surface area contributed by atoms with Gasteiger partial charge in [-0.15, -0.1) is 0 Å². The van der Waals surface area contributed by atoms with Gasteiger partial charge in [0, 0.05) is 24.6 Å². The minimum absolute atomic E-state index is 0.0395. The van der Waals surface area contributed by atoms with Crippen molar-refractivity contribution in [2.24, 2.45) is 11.6 Å². The SMILES string of the molecule is N/C(=C\N(N)[C@@H]1C[C@H](S[C@@H]2O[C@H](CO)[C@H](O)C[C@H]2O)O[C@H](COC(=O)CCC(=O)O)[C@@H]1O)c1cccc(F)c1. The van der Waals surface area contributed by atoms with Gasteiger partial charge in [0.05, 0.1) is 43.4 Å². The summed E-state index contributed by atoms with van der Waals surface area (Å²) in [4.78, 5) is 22.7. The number of carbonyl (C=O) groups excluding carboxylic acids is 1. The summed E-state index contributed by atoms with van der Waals surface area (Å²) in [6.07, 6.45) is -4.92. The van der Waals surface area contributed by atoms with Crippen molar-refractivity contribution in [2.45, 2.75) is 73.1 Å². The van der Waals surface area contributed by atoms with Gasteiger partial charge in [0.1, 0.15) is 41.6 Å². The van der Waals surface area contributed by atoms with Crippen LogP contribution in [0, 0.1) is 5.82 Å². The molecule has 0 aromatic heterocycles. The van der Waals surface area contributed by atoms with E-state index < -0.39 is 84.8 Å². The Morgan fingerprint density at radius 1 is 1.15 bits per heavy atom. The number of hydrazine groups is 1. The summed E-state index contributed by atoms with van der Waals surface area (Å²) in [5.74, 6) is 3.76. The molecule has 0 radical (unpaired) electrons. The molecule has 15 heteroatoms. The first kappa shape index (κ1) is 31.0. The Labute approximate surface area is 228 Å². The average molecular weight is 576 g/mol. The van der Waals surface area contributed by atoms with Gasteiger partial charge < -0.3 is 50.5 Å². The lowest BCUT2D eigenvalue weighted by Gasteiger charge is -2.44. The van der Waals surface area contributed by atoms with Gasteiger partial charge in [0.15, 0.2) is 0 Å². The second-order valence-corrected chi connectivity index (χ2v) is 10.5. The molecule has 0 saturated carbocycles. The van der Waals surface area contributed by atoms with E-state index in [9.17, 15) is 34.4 Å². The molecule has 0 bridgehead atoms. The number of nitrogens with zero attached hydrogens (tertiary/aromatic N) is 1. The first-order valence-electron chi connectivity index (χ1n) is 12.2. The Balaban J connectivity index is 1.76. The number of halogens is 1. The van der Waals surface area contributed by atoms with Gasteiger partial charge >= 0.3 is 11.9 Å². The zero-order valence-corrected chi connectivity index (χ0v) is 21.7. The molecular formula is C24H34FN3O10S. The highest BCUT2D eigenvalue weighted by Gasteiger charge is 2.44. The molecule has 1 aromatic carbocycles. The van der Waals surface area contributed by atoms with Crippen molar-refractivity contribution in [2.75, 3.05) is 13.2 Å². The first-order valence-corrected chi connectivity index (χ1v) is 13.2.